The summed E-state index contributed by atoms with van der Waals surface area (Å²) in [6, 6.07) is 14.6. The van der Waals surface area contributed by atoms with Gasteiger partial charge in [-0.1, -0.05) is 18.2 Å². The Morgan fingerprint density at radius 3 is 2.59 bits per heavy atom. The predicted molar refractivity (Wildman–Crippen MR) is 114 cm³/mol. The van der Waals surface area contributed by atoms with Gasteiger partial charge in [-0.15, -0.1) is 0 Å². The summed E-state index contributed by atoms with van der Waals surface area (Å²) in [5.74, 6) is 0.712. The third-order valence-electron chi connectivity index (χ3n) is 5.13. The van der Waals surface area contributed by atoms with Crippen LogP contribution in [0, 0.1) is 17.1 Å². The number of piperazine rings is 1. The van der Waals surface area contributed by atoms with Crippen molar-refractivity contribution in [2.45, 2.75) is 0 Å². The molecule has 146 valence electrons. The summed E-state index contributed by atoms with van der Waals surface area (Å²) >= 11 is 0. The molecule has 3 heterocycles. The van der Waals surface area contributed by atoms with Crippen LogP contribution in [-0.2, 0) is 7.05 Å². The maximum Gasteiger partial charge on any atom is 0.127 e. The molecule has 1 N–H and O–H groups in total. The number of aromatic nitrogens is 2. The minimum absolute atomic E-state index is 0.250. The van der Waals surface area contributed by atoms with Gasteiger partial charge in [0.1, 0.15) is 17.7 Å². The van der Waals surface area contributed by atoms with Gasteiger partial charge in [-0.2, -0.15) is 5.26 Å². The van der Waals surface area contributed by atoms with Gasteiger partial charge in [0.05, 0.1) is 17.0 Å². The number of nitriles is 1. The molecule has 1 saturated heterocycles. The highest BCUT2D eigenvalue weighted by Gasteiger charge is 2.21. The highest BCUT2D eigenvalue weighted by atomic mass is 19.1. The molecule has 0 radical (unpaired) electrons. The molecule has 5 nitrogen and oxygen atoms in total. The Bertz CT molecular complexity index is 1070. The van der Waals surface area contributed by atoms with Crippen LogP contribution in [0.15, 0.2) is 48.7 Å². The number of nitrogens with zero attached hydrogens (tertiary/aromatic N) is 4. The summed E-state index contributed by atoms with van der Waals surface area (Å²) in [4.78, 5) is 6.67. The smallest absolute Gasteiger partial charge is 0.127 e. The van der Waals surface area contributed by atoms with Gasteiger partial charge in [-0.05, 0) is 42.0 Å². The largest absolute Gasteiger partial charge is 0.354 e. The van der Waals surface area contributed by atoms with Crippen molar-refractivity contribution in [3.63, 3.8) is 0 Å². The molecule has 0 aliphatic carbocycles. The van der Waals surface area contributed by atoms with Gasteiger partial charge in [0, 0.05) is 45.0 Å². The van der Waals surface area contributed by atoms with Gasteiger partial charge >= 0.3 is 0 Å². The fourth-order valence-corrected chi connectivity index (χ4v) is 3.67. The average molecular weight is 387 g/mol. The summed E-state index contributed by atoms with van der Waals surface area (Å²) in [5.41, 5.74) is 4.37. The van der Waals surface area contributed by atoms with Crippen molar-refractivity contribution in [2.24, 2.45) is 7.05 Å². The molecule has 0 spiro atoms. The van der Waals surface area contributed by atoms with E-state index in [2.05, 4.69) is 25.8 Å². The third kappa shape index (κ3) is 4.05. The number of halogens is 1. The van der Waals surface area contributed by atoms with E-state index in [0.717, 1.165) is 54.5 Å². The quantitative estimate of drug-likeness (QED) is 0.742. The second kappa shape index (κ2) is 8.29. The Morgan fingerprint density at radius 2 is 1.86 bits per heavy atom. The van der Waals surface area contributed by atoms with E-state index in [1.807, 2.05) is 37.4 Å². The lowest BCUT2D eigenvalue weighted by Gasteiger charge is -2.30. The normalized spacial score (nSPS) is 14.3. The average Bonchev–Trinajstić information content (AvgIpc) is 3.10. The molecule has 4 rings (SSSR count). The molecule has 6 heteroatoms. The Hall–Kier alpha value is -3.43. The predicted octanol–water partition coefficient (Wildman–Crippen LogP) is 3.68. The molecular formula is C23H22FN5. The van der Waals surface area contributed by atoms with Crippen LogP contribution in [0.5, 0.6) is 0 Å². The second-order valence-electron chi connectivity index (χ2n) is 7.03. The van der Waals surface area contributed by atoms with Gasteiger partial charge in [0.25, 0.3) is 0 Å². The Kier molecular flexibility index (Phi) is 5.41. The molecule has 0 unspecified atom stereocenters. The van der Waals surface area contributed by atoms with Crippen molar-refractivity contribution in [1.82, 2.24) is 14.9 Å². The van der Waals surface area contributed by atoms with E-state index in [1.54, 1.807) is 18.3 Å². The Balaban J connectivity index is 1.65. The molecule has 3 aromatic rings. The highest BCUT2D eigenvalue weighted by Crippen LogP contribution is 2.31. The molecule has 0 atom stereocenters. The highest BCUT2D eigenvalue weighted by molar-refractivity contribution is 5.74. The fraction of sp³-hybridized carbons (Fsp3) is 0.217. The van der Waals surface area contributed by atoms with Gasteiger partial charge in [-0.3, -0.25) is 4.98 Å². The van der Waals surface area contributed by atoms with E-state index in [9.17, 15) is 9.65 Å². The zero-order valence-corrected chi connectivity index (χ0v) is 16.3. The number of rotatable bonds is 4. The molecule has 1 aliphatic rings. The van der Waals surface area contributed by atoms with Crippen LogP contribution in [0.1, 0.15) is 16.8 Å². The molecule has 0 bridgehead atoms. The van der Waals surface area contributed by atoms with Crippen LogP contribution in [0.25, 0.3) is 23.4 Å². The Morgan fingerprint density at radius 1 is 1.10 bits per heavy atom. The molecule has 29 heavy (non-hydrogen) atoms. The van der Waals surface area contributed by atoms with E-state index in [4.69, 9.17) is 0 Å². The summed E-state index contributed by atoms with van der Waals surface area (Å²) in [7, 11) is 2.00. The number of pyridine rings is 1. The first kappa shape index (κ1) is 18.9. The summed E-state index contributed by atoms with van der Waals surface area (Å²) in [6.07, 6.45) is 5.58. The van der Waals surface area contributed by atoms with Gasteiger partial charge in [0.2, 0.25) is 0 Å². The van der Waals surface area contributed by atoms with E-state index < -0.39 is 0 Å². The topological polar surface area (TPSA) is 56.9 Å². The van der Waals surface area contributed by atoms with E-state index >= 15 is 0 Å². The van der Waals surface area contributed by atoms with Crippen molar-refractivity contribution in [3.8, 4) is 17.3 Å². The van der Waals surface area contributed by atoms with Crippen LogP contribution in [0.4, 0.5) is 10.2 Å². The summed E-state index contributed by atoms with van der Waals surface area (Å²) in [5, 5.41) is 13.0. The van der Waals surface area contributed by atoms with Gasteiger partial charge < -0.3 is 14.8 Å². The van der Waals surface area contributed by atoms with Crippen molar-refractivity contribution in [1.29, 1.82) is 5.26 Å². The standard InChI is InChI=1S/C23H22FN5/c1-28-22(15-19(16-25)23(28)29-12-10-26-11-13-29)18-8-9-27-21(14-18)7-4-17-2-5-20(24)6-3-17/h2-9,14-15,26H,10-13H2,1H3/b7-4+. The van der Waals surface area contributed by atoms with Crippen LogP contribution >= 0.6 is 0 Å². The van der Waals surface area contributed by atoms with Crippen LogP contribution in [-0.4, -0.2) is 35.7 Å². The fourth-order valence-electron chi connectivity index (χ4n) is 3.67. The minimum Gasteiger partial charge on any atom is -0.354 e. The first-order valence-corrected chi connectivity index (χ1v) is 9.61. The number of hydrogen-bond acceptors (Lipinski definition) is 4. The van der Waals surface area contributed by atoms with Gasteiger partial charge in [-0.25, -0.2) is 4.39 Å². The molecule has 2 aromatic heterocycles. The van der Waals surface area contributed by atoms with Gasteiger partial charge in [0.15, 0.2) is 0 Å². The maximum absolute atomic E-state index is 13.1. The first-order chi connectivity index (χ1) is 14.2. The first-order valence-electron chi connectivity index (χ1n) is 9.61. The summed E-state index contributed by atoms with van der Waals surface area (Å²) < 4.78 is 15.1. The van der Waals surface area contributed by atoms with Crippen LogP contribution in [0.3, 0.4) is 0 Å². The van der Waals surface area contributed by atoms with Crippen molar-refractivity contribution >= 4 is 18.0 Å². The molecule has 1 fully saturated rings. The van der Waals surface area contributed by atoms with E-state index in [1.165, 1.54) is 12.1 Å². The molecule has 1 aliphatic heterocycles. The van der Waals surface area contributed by atoms with Crippen molar-refractivity contribution < 1.29 is 4.39 Å². The maximum atomic E-state index is 13.1. The minimum atomic E-state index is -0.250. The lowest BCUT2D eigenvalue weighted by atomic mass is 10.1. The van der Waals surface area contributed by atoms with E-state index in [0.29, 0.717) is 5.56 Å². The van der Waals surface area contributed by atoms with Crippen molar-refractivity contribution in [3.05, 3.63) is 71.3 Å². The monoisotopic (exact) mass is 387 g/mol. The lowest BCUT2D eigenvalue weighted by molar-refractivity contribution is 0.579. The van der Waals surface area contributed by atoms with Crippen LogP contribution < -0.4 is 10.2 Å². The lowest BCUT2D eigenvalue weighted by Crippen LogP contribution is -2.44. The summed E-state index contributed by atoms with van der Waals surface area (Å²) in [6.45, 7) is 3.60. The van der Waals surface area contributed by atoms with E-state index in [-0.39, 0.29) is 5.82 Å². The number of benzene rings is 1. The molecular weight excluding hydrogens is 365 g/mol. The number of anilines is 1. The third-order valence-corrected chi connectivity index (χ3v) is 5.13. The molecule has 1 aromatic carbocycles. The number of hydrogen-bond donors (Lipinski definition) is 1. The SMILES string of the molecule is Cn1c(-c2ccnc(/C=C/c3ccc(F)cc3)c2)cc(C#N)c1N1CCNCC1. The second-order valence-corrected chi connectivity index (χ2v) is 7.03. The van der Waals surface area contributed by atoms with Crippen molar-refractivity contribution in [2.75, 3.05) is 31.1 Å². The van der Waals surface area contributed by atoms with Crippen LogP contribution in [0.2, 0.25) is 0 Å². The zero-order valence-electron chi connectivity index (χ0n) is 16.3. The number of nitrogens with one attached hydrogen (secondary N) is 1. The zero-order chi connectivity index (χ0) is 20.2. The molecule has 0 saturated carbocycles. The Labute approximate surface area is 169 Å². The molecule has 0 amide bonds.